The summed E-state index contributed by atoms with van der Waals surface area (Å²) < 4.78 is 10.5. The molecule has 132 valence electrons. The molecule has 0 saturated carbocycles. The largest absolute Gasteiger partial charge is 0.497 e. The van der Waals surface area contributed by atoms with Crippen molar-refractivity contribution in [3.05, 3.63) is 59.2 Å². The van der Waals surface area contributed by atoms with Crippen LogP contribution in [0.3, 0.4) is 0 Å². The number of carbonyl (C=O) groups excluding carboxylic acids is 2. The number of hydrazine groups is 1. The summed E-state index contributed by atoms with van der Waals surface area (Å²) in [5.41, 5.74) is 7.64. The zero-order valence-electron chi connectivity index (χ0n) is 14.6. The molecule has 0 spiro atoms. The Kier molecular flexibility index (Phi) is 6.39. The molecule has 0 aliphatic carbocycles. The quantitative estimate of drug-likeness (QED) is 0.788. The molecular formula is C19H22N2O4. The van der Waals surface area contributed by atoms with Gasteiger partial charge in [0.25, 0.3) is 5.91 Å². The van der Waals surface area contributed by atoms with Crippen LogP contribution in [0.2, 0.25) is 0 Å². The van der Waals surface area contributed by atoms with Crippen molar-refractivity contribution in [3.8, 4) is 11.5 Å². The standard InChI is InChI=1S/C19H22N2O4/c1-13-8-14(2)10-17(9-13)25-12-19(23)21-20-18(22)11-15-4-6-16(24-3)7-5-15/h4-10H,11-12H2,1-3H3,(H,20,22)(H,21,23). The second-order valence-electron chi connectivity index (χ2n) is 5.73. The zero-order valence-corrected chi connectivity index (χ0v) is 14.6. The molecule has 0 radical (unpaired) electrons. The number of methoxy groups -OCH3 is 1. The van der Waals surface area contributed by atoms with Crippen LogP contribution in [-0.4, -0.2) is 25.5 Å². The van der Waals surface area contributed by atoms with E-state index in [2.05, 4.69) is 10.9 Å². The predicted octanol–water partition coefficient (Wildman–Crippen LogP) is 2.08. The topological polar surface area (TPSA) is 76.7 Å². The molecule has 6 heteroatoms. The lowest BCUT2D eigenvalue weighted by Gasteiger charge is -2.10. The highest BCUT2D eigenvalue weighted by Crippen LogP contribution is 2.16. The van der Waals surface area contributed by atoms with E-state index < -0.39 is 5.91 Å². The fourth-order valence-electron chi connectivity index (χ4n) is 2.31. The first-order valence-corrected chi connectivity index (χ1v) is 7.88. The molecule has 2 rings (SSSR count). The molecule has 0 saturated heterocycles. The van der Waals surface area contributed by atoms with Gasteiger partial charge in [0.15, 0.2) is 6.61 Å². The molecule has 0 heterocycles. The van der Waals surface area contributed by atoms with E-state index in [0.717, 1.165) is 22.4 Å². The first kappa shape index (κ1) is 18.3. The van der Waals surface area contributed by atoms with Gasteiger partial charge in [-0.15, -0.1) is 0 Å². The van der Waals surface area contributed by atoms with Crippen LogP contribution >= 0.6 is 0 Å². The smallest absolute Gasteiger partial charge is 0.276 e. The Hall–Kier alpha value is -3.02. The minimum absolute atomic E-state index is 0.155. The number of carbonyl (C=O) groups is 2. The van der Waals surface area contributed by atoms with Crippen LogP contribution in [0.15, 0.2) is 42.5 Å². The van der Waals surface area contributed by atoms with E-state index >= 15 is 0 Å². The van der Waals surface area contributed by atoms with Crippen molar-refractivity contribution in [1.82, 2.24) is 10.9 Å². The normalized spacial score (nSPS) is 10.0. The Morgan fingerprint density at radius 1 is 0.880 bits per heavy atom. The molecule has 6 nitrogen and oxygen atoms in total. The summed E-state index contributed by atoms with van der Waals surface area (Å²) in [5, 5.41) is 0. The van der Waals surface area contributed by atoms with Crippen molar-refractivity contribution in [2.24, 2.45) is 0 Å². The minimum Gasteiger partial charge on any atom is -0.497 e. The number of hydrogen-bond acceptors (Lipinski definition) is 4. The molecule has 0 bridgehead atoms. The van der Waals surface area contributed by atoms with Gasteiger partial charge in [-0.1, -0.05) is 18.2 Å². The third-order valence-corrected chi connectivity index (χ3v) is 3.43. The van der Waals surface area contributed by atoms with Crippen molar-refractivity contribution < 1.29 is 19.1 Å². The van der Waals surface area contributed by atoms with Gasteiger partial charge in [-0.25, -0.2) is 0 Å². The Morgan fingerprint density at radius 3 is 2.08 bits per heavy atom. The van der Waals surface area contributed by atoms with Gasteiger partial charge in [-0.05, 0) is 54.8 Å². The average Bonchev–Trinajstić information content (AvgIpc) is 2.58. The van der Waals surface area contributed by atoms with Gasteiger partial charge in [0.1, 0.15) is 11.5 Å². The lowest BCUT2D eigenvalue weighted by atomic mass is 10.1. The summed E-state index contributed by atoms with van der Waals surface area (Å²) in [5.74, 6) is 0.602. The van der Waals surface area contributed by atoms with Gasteiger partial charge in [-0.2, -0.15) is 0 Å². The minimum atomic E-state index is -0.428. The van der Waals surface area contributed by atoms with Crippen molar-refractivity contribution in [2.75, 3.05) is 13.7 Å². The Morgan fingerprint density at radius 2 is 1.48 bits per heavy atom. The molecule has 2 amide bonds. The highest BCUT2D eigenvalue weighted by Gasteiger charge is 2.07. The van der Waals surface area contributed by atoms with Gasteiger partial charge < -0.3 is 9.47 Å². The average molecular weight is 342 g/mol. The molecule has 2 aromatic rings. The summed E-state index contributed by atoms with van der Waals surface area (Å²) in [6.45, 7) is 3.74. The highest BCUT2D eigenvalue weighted by molar-refractivity contribution is 5.83. The van der Waals surface area contributed by atoms with Gasteiger partial charge in [0, 0.05) is 0 Å². The number of rotatable bonds is 6. The maximum atomic E-state index is 11.8. The Labute approximate surface area is 147 Å². The second-order valence-corrected chi connectivity index (χ2v) is 5.73. The van der Waals surface area contributed by atoms with Crippen LogP contribution in [0.1, 0.15) is 16.7 Å². The third-order valence-electron chi connectivity index (χ3n) is 3.43. The van der Waals surface area contributed by atoms with Crippen LogP contribution in [0.5, 0.6) is 11.5 Å². The van der Waals surface area contributed by atoms with E-state index in [1.807, 2.05) is 32.0 Å². The number of ether oxygens (including phenoxy) is 2. The maximum absolute atomic E-state index is 11.8. The molecule has 0 aromatic heterocycles. The van der Waals surface area contributed by atoms with Gasteiger partial charge in [0.05, 0.1) is 13.5 Å². The fraction of sp³-hybridized carbons (Fsp3) is 0.263. The number of amides is 2. The summed E-state index contributed by atoms with van der Waals surface area (Å²) in [6.07, 6.45) is 0.155. The van der Waals surface area contributed by atoms with Crippen LogP contribution in [0.25, 0.3) is 0 Å². The fourth-order valence-corrected chi connectivity index (χ4v) is 2.31. The first-order chi connectivity index (χ1) is 12.0. The second kappa shape index (κ2) is 8.73. The van der Waals surface area contributed by atoms with Crippen molar-refractivity contribution in [1.29, 1.82) is 0 Å². The molecule has 0 unspecified atom stereocenters. The molecule has 2 aromatic carbocycles. The van der Waals surface area contributed by atoms with E-state index in [9.17, 15) is 9.59 Å². The Bertz CT molecular complexity index is 721. The monoisotopic (exact) mass is 342 g/mol. The SMILES string of the molecule is COc1ccc(CC(=O)NNC(=O)COc2cc(C)cc(C)c2)cc1. The van der Waals surface area contributed by atoms with Crippen LogP contribution < -0.4 is 20.3 Å². The molecule has 0 fully saturated rings. The highest BCUT2D eigenvalue weighted by atomic mass is 16.5. The lowest BCUT2D eigenvalue weighted by Crippen LogP contribution is -2.44. The van der Waals surface area contributed by atoms with E-state index in [1.54, 1.807) is 31.4 Å². The summed E-state index contributed by atoms with van der Waals surface area (Å²) in [7, 11) is 1.58. The molecule has 0 aliphatic heterocycles. The summed E-state index contributed by atoms with van der Waals surface area (Å²) in [4.78, 5) is 23.6. The third kappa shape index (κ3) is 6.18. The van der Waals surface area contributed by atoms with Crippen LogP contribution in [0, 0.1) is 13.8 Å². The van der Waals surface area contributed by atoms with Gasteiger partial charge >= 0.3 is 0 Å². The van der Waals surface area contributed by atoms with E-state index in [-0.39, 0.29) is 18.9 Å². The summed E-state index contributed by atoms with van der Waals surface area (Å²) in [6, 6.07) is 12.9. The maximum Gasteiger partial charge on any atom is 0.276 e. The number of benzene rings is 2. The predicted molar refractivity (Wildman–Crippen MR) is 94.4 cm³/mol. The van der Waals surface area contributed by atoms with Crippen molar-refractivity contribution >= 4 is 11.8 Å². The lowest BCUT2D eigenvalue weighted by molar-refractivity contribution is -0.129. The van der Waals surface area contributed by atoms with Crippen LogP contribution in [0.4, 0.5) is 0 Å². The number of aryl methyl sites for hydroxylation is 2. The molecule has 0 atom stereocenters. The van der Waals surface area contributed by atoms with E-state index in [1.165, 1.54) is 0 Å². The zero-order chi connectivity index (χ0) is 18.2. The summed E-state index contributed by atoms with van der Waals surface area (Å²) >= 11 is 0. The van der Waals surface area contributed by atoms with E-state index in [4.69, 9.17) is 9.47 Å². The molecule has 2 N–H and O–H groups in total. The van der Waals surface area contributed by atoms with Gasteiger partial charge in [-0.3, -0.25) is 20.4 Å². The van der Waals surface area contributed by atoms with Crippen molar-refractivity contribution in [2.45, 2.75) is 20.3 Å². The number of hydrogen-bond donors (Lipinski definition) is 2. The van der Waals surface area contributed by atoms with E-state index in [0.29, 0.717) is 5.75 Å². The number of nitrogens with one attached hydrogen (secondary N) is 2. The molecule has 25 heavy (non-hydrogen) atoms. The van der Waals surface area contributed by atoms with Crippen molar-refractivity contribution in [3.63, 3.8) is 0 Å². The molecule has 0 aliphatic rings. The van der Waals surface area contributed by atoms with Crippen LogP contribution in [-0.2, 0) is 16.0 Å². The molecular weight excluding hydrogens is 320 g/mol. The van der Waals surface area contributed by atoms with Gasteiger partial charge in [0.2, 0.25) is 5.91 Å². The first-order valence-electron chi connectivity index (χ1n) is 7.88. The Balaban J connectivity index is 1.74.